The second-order valence-corrected chi connectivity index (χ2v) is 6.12. The lowest BCUT2D eigenvalue weighted by Crippen LogP contribution is -2.30. The van der Waals surface area contributed by atoms with Crippen LogP contribution in [0, 0.1) is 0 Å². The Morgan fingerprint density at radius 1 is 1.35 bits per heavy atom. The van der Waals surface area contributed by atoms with Crippen molar-refractivity contribution in [1.29, 1.82) is 0 Å². The lowest BCUT2D eigenvalue weighted by Gasteiger charge is -2.27. The van der Waals surface area contributed by atoms with Crippen LogP contribution in [-0.2, 0) is 10.3 Å². The Labute approximate surface area is 118 Å². The molecule has 0 spiro atoms. The van der Waals surface area contributed by atoms with Gasteiger partial charge in [-0.1, -0.05) is 6.07 Å². The molecule has 1 amide bonds. The maximum absolute atomic E-state index is 12.0. The fourth-order valence-corrected chi connectivity index (χ4v) is 2.61. The molecule has 3 heterocycles. The highest BCUT2D eigenvalue weighted by molar-refractivity contribution is 5.94. The first kappa shape index (κ1) is 12.8. The van der Waals surface area contributed by atoms with Crippen molar-refractivity contribution >= 4 is 11.7 Å². The van der Waals surface area contributed by atoms with Gasteiger partial charge in [0.05, 0.1) is 11.7 Å². The van der Waals surface area contributed by atoms with E-state index < -0.39 is 0 Å². The third-order valence-corrected chi connectivity index (χ3v) is 3.54. The van der Waals surface area contributed by atoms with Crippen LogP contribution in [0.15, 0.2) is 30.7 Å². The van der Waals surface area contributed by atoms with Crippen LogP contribution in [0.2, 0.25) is 0 Å². The van der Waals surface area contributed by atoms with E-state index in [1.807, 2.05) is 29.2 Å². The van der Waals surface area contributed by atoms with Crippen molar-refractivity contribution in [2.75, 3.05) is 5.32 Å². The van der Waals surface area contributed by atoms with E-state index in [0.717, 1.165) is 16.9 Å². The molecular weight excluding hydrogens is 252 g/mol. The smallest absolute Gasteiger partial charge is 0.226 e. The number of fused-ring (bicyclic) bond motifs is 1. The fourth-order valence-electron chi connectivity index (χ4n) is 2.61. The van der Waals surface area contributed by atoms with Gasteiger partial charge >= 0.3 is 0 Å². The molecule has 1 N–H and O–H groups in total. The Bertz CT molecular complexity index is 640. The molecule has 0 saturated carbocycles. The van der Waals surface area contributed by atoms with Crippen molar-refractivity contribution in [3.8, 4) is 0 Å². The lowest BCUT2D eigenvalue weighted by molar-refractivity contribution is -0.116. The van der Waals surface area contributed by atoms with Crippen LogP contribution in [0.3, 0.4) is 0 Å². The molecule has 2 aromatic heterocycles. The first-order valence-corrected chi connectivity index (χ1v) is 6.75. The largest absolute Gasteiger partial charge is 0.311 e. The summed E-state index contributed by atoms with van der Waals surface area (Å²) in [6.45, 7) is 6.21. The number of anilines is 1. The summed E-state index contributed by atoms with van der Waals surface area (Å²) in [6.07, 6.45) is 5.86. The van der Waals surface area contributed by atoms with E-state index in [4.69, 9.17) is 0 Å². The Hall–Kier alpha value is -2.17. The van der Waals surface area contributed by atoms with Crippen LogP contribution < -0.4 is 5.32 Å². The van der Waals surface area contributed by atoms with Crippen molar-refractivity contribution in [1.82, 2.24) is 14.8 Å². The zero-order valence-electron chi connectivity index (χ0n) is 11.9. The van der Waals surface area contributed by atoms with Crippen LogP contribution in [-0.4, -0.2) is 20.7 Å². The van der Waals surface area contributed by atoms with Gasteiger partial charge in [-0.15, -0.1) is 0 Å². The van der Waals surface area contributed by atoms with E-state index >= 15 is 0 Å². The quantitative estimate of drug-likeness (QED) is 0.866. The van der Waals surface area contributed by atoms with Gasteiger partial charge in [0.25, 0.3) is 0 Å². The second kappa shape index (κ2) is 4.44. The van der Waals surface area contributed by atoms with Gasteiger partial charge in [-0.3, -0.25) is 9.78 Å². The van der Waals surface area contributed by atoms with Gasteiger partial charge in [0.2, 0.25) is 5.91 Å². The predicted octanol–water partition coefficient (Wildman–Crippen LogP) is 2.51. The summed E-state index contributed by atoms with van der Waals surface area (Å²) < 4.78 is 1.88. The SMILES string of the molecule is CC(C)(C)n1ncc2c1NC(=O)C[C@H]2c1cccnc1. The van der Waals surface area contributed by atoms with Gasteiger partial charge in [-0.05, 0) is 32.4 Å². The van der Waals surface area contributed by atoms with Crippen LogP contribution in [0.25, 0.3) is 0 Å². The van der Waals surface area contributed by atoms with Crippen LogP contribution in [0.4, 0.5) is 5.82 Å². The lowest BCUT2D eigenvalue weighted by atomic mass is 9.88. The molecule has 5 nitrogen and oxygen atoms in total. The van der Waals surface area contributed by atoms with Crippen molar-refractivity contribution in [2.45, 2.75) is 38.6 Å². The minimum Gasteiger partial charge on any atom is -0.311 e. The molecule has 1 aliphatic rings. The van der Waals surface area contributed by atoms with E-state index in [1.54, 1.807) is 6.20 Å². The van der Waals surface area contributed by atoms with E-state index in [0.29, 0.717) is 6.42 Å². The van der Waals surface area contributed by atoms with Gasteiger partial charge in [0.15, 0.2) is 0 Å². The van der Waals surface area contributed by atoms with Crippen molar-refractivity contribution in [3.05, 3.63) is 41.9 Å². The molecule has 0 unspecified atom stereocenters. The number of nitrogens with zero attached hydrogens (tertiary/aromatic N) is 3. The van der Waals surface area contributed by atoms with Gasteiger partial charge < -0.3 is 5.32 Å². The zero-order chi connectivity index (χ0) is 14.3. The number of nitrogens with one attached hydrogen (secondary N) is 1. The summed E-state index contributed by atoms with van der Waals surface area (Å²) >= 11 is 0. The zero-order valence-corrected chi connectivity index (χ0v) is 11.9. The topological polar surface area (TPSA) is 59.8 Å². The monoisotopic (exact) mass is 270 g/mol. The molecule has 0 aliphatic carbocycles. The molecule has 0 aromatic carbocycles. The molecule has 1 aliphatic heterocycles. The Morgan fingerprint density at radius 2 is 2.15 bits per heavy atom. The van der Waals surface area contributed by atoms with Crippen LogP contribution >= 0.6 is 0 Å². The number of amides is 1. The number of hydrogen-bond acceptors (Lipinski definition) is 3. The predicted molar refractivity (Wildman–Crippen MR) is 76.5 cm³/mol. The molecule has 0 saturated heterocycles. The molecule has 0 radical (unpaired) electrons. The Kier molecular flexibility index (Phi) is 2.85. The molecule has 3 rings (SSSR count). The number of aromatic nitrogens is 3. The third-order valence-electron chi connectivity index (χ3n) is 3.54. The number of pyridine rings is 1. The standard InChI is InChI=1S/C15H18N4O/c1-15(2,3)19-14-12(9-17-19)11(7-13(20)18-14)10-5-4-6-16-8-10/h4-6,8-9,11H,7H2,1-3H3,(H,18,20)/t11-/m0/s1. The first-order valence-electron chi connectivity index (χ1n) is 6.75. The Morgan fingerprint density at radius 3 is 2.80 bits per heavy atom. The van der Waals surface area contributed by atoms with E-state index in [9.17, 15) is 4.79 Å². The minimum atomic E-state index is -0.169. The molecule has 20 heavy (non-hydrogen) atoms. The summed E-state index contributed by atoms with van der Waals surface area (Å²) in [5.74, 6) is 0.864. The second-order valence-electron chi connectivity index (χ2n) is 6.12. The van der Waals surface area contributed by atoms with E-state index in [1.165, 1.54) is 0 Å². The fraction of sp³-hybridized carbons (Fsp3) is 0.400. The van der Waals surface area contributed by atoms with Crippen molar-refractivity contribution in [3.63, 3.8) is 0 Å². The van der Waals surface area contributed by atoms with Crippen molar-refractivity contribution < 1.29 is 4.79 Å². The Balaban J connectivity index is 2.11. The van der Waals surface area contributed by atoms with Gasteiger partial charge in [-0.25, -0.2) is 4.68 Å². The molecule has 2 aromatic rings. The highest BCUT2D eigenvalue weighted by Crippen LogP contribution is 2.38. The van der Waals surface area contributed by atoms with Gasteiger partial charge in [-0.2, -0.15) is 5.10 Å². The summed E-state index contributed by atoms with van der Waals surface area (Å²) in [4.78, 5) is 16.2. The third kappa shape index (κ3) is 2.09. The number of carbonyl (C=O) groups is 1. The average molecular weight is 270 g/mol. The highest BCUT2D eigenvalue weighted by Gasteiger charge is 2.32. The number of rotatable bonds is 1. The molecule has 104 valence electrons. The van der Waals surface area contributed by atoms with Crippen LogP contribution in [0.5, 0.6) is 0 Å². The number of hydrogen-bond donors (Lipinski definition) is 1. The summed E-state index contributed by atoms with van der Waals surface area (Å²) in [5, 5.41) is 7.42. The molecule has 1 atom stereocenters. The minimum absolute atomic E-state index is 0.0253. The van der Waals surface area contributed by atoms with Gasteiger partial charge in [0, 0.05) is 30.3 Å². The molecule has 5 heteroatoms. The summed E-state index contributed by atoms with van der Waals surface area (Å²) in [7, 11) is 0. The van der Waals surface area contributed by atoms with Gasteiger partial charge in [0.1, 0.15) is 5.82 Å². The van der Waals surface area contributed by atoms with Crippen molar-refractivity contribution in [2.24, 2.45) is 0 Å². The first-order chi connectivity index (χ1) is 9.47. The number of carbonyl (C=O) groups excluding carboxylic acids is 1. The normalized spacial score (nSPS) is 18.6. The van der Waals surface area contributed by atoms with E-state index in [-0.39, 0.29) is 17.4 Å². The maximum Gasteiger partial charge on any atom is 0.226 e. The molecular formula is C15H18N4O. The van der Waals surface area contributed by atoms with Crippen LogP contribution in [0.1, 0.15) is 44.2 Å². The highest BCUT2D eigenvalue weighted by atomic mass is 16.1. The summed E-state index contributed by atoms with van der Waals surface area (Å²) in [5.41, 5.74) is 1.95. The van der Waals surface area contributed by atoms with E-state index in [2.05, 4.69) is 36.2 Å². The average Bonchev–Trinajstić information content (AvgIpc) is 2.82. The summed E-state index contributed by atoms with van der Waals surface area (Å²) in [6, 6.07) is 3.91. The maximum atomic E-state index is 12.0. The molecule has 0 bridgehead atoms. The molecule has 0 fully saturated rings.